The fourth-order valence-electron chi connectivity index (χ4n) is 3.11. The van der Waals surface area contributed by atoms with Gasteiger partial charge in [-0.3, -0.25) is 4.90 Å². The van der Waals surface area contributed by atoms with Crippen molar-refractivity contribution < 1.29 is 9.84 Å². The molecular formula is C19H23NO2. The Morgan fingerprint density at radius 3 is 2.41 bits per heavy atom. The van der Waals surface area contributed by atoms with Crippen LogP contribution in [-0.2, 0) is 11.3 Å². The van der Waals surface area contributed by atoms with Gasteiger partial charge in [-0.05, 0) is 18.1 Å². The number of morpholine rings is 1. The van der Waals surface area contributed by atoms with Gasteiger partial charge in [0.2, 0.25) is 0 Å². The lowest BCUT2D eigenvalue weighted by Crippen LogP contribution is -2.52. The predicted octanol–water partition coefficient (Wildman–Crippen LogP) is 3.01. The van der Waals surface area contributed by atoms with Gasteiger partial charge in [-0.1, -0.05) is 60.7 Å². The van der Waals surface area contributed by atoms with Gasteiger partial charge in [-0.2, -0.15) is 0 Å². The lowest BCUT2D eigenvalue weighted by molar-refractivity contribution is -0.160. The quantitative estimate of drug-likeness (QED) is 0.941. The van der Waals surface area contributed by atoms with Crippen molar-refractivity contribution in [1.29, 1.82) is 0 Å². The van der Waals surface area contributed by atoms with Crippen LogP contribution in [0.25, 0.3) is 0 Å². The van der Waals surface area contributed by atoms with E-state index >= 15 is 0 Å². The minimum atomic E-state index is -0.618. The number of benzene rings is 2. The van der Waals surface area contributed by atoms with E-state index < -0.39 is 11.7 Å². The molecule has 0 saturated carbocycles. The monoisotopic (exact) mass is 297 g/mol. The predicted molar refractivity (Wildman–Crippen MR) is 87.5 cm³/mol. The normalized spacial score (nSPS) is 24.1. The summed E-state index contributed by atoms with van der Waals surface area (Å²) in [4.78, 5) is 2.35. The van der Waals surface area contributed by atoms with Crippen LogP contribution in [-0.4, -0.2) is 35.3 Å². The van der Waals surface area contributed by atoms with Crippen LogP contribution >= 0.6 is 0 Å². The Morgan fingerprint density at radius 2 is 1.73 bits per heavy atom. The Balaban J connectivity index is 1.71. The summed E-state index contributed by atoms with van der Waals surface area (Å²) in [6.45, 7) is 5.15. The minimum absolute atomic E-state index is 0.575. The topological polar surface area (TPSA) is 32.7 Å². The van der Waals surface area contributed by atoms with Gasteiger partial charge < -0.3 is 9.84 Å². The van der Waals surface area contributed by atoms with Crippen LogP contribution < -0.4 is 0 Å². The first kappa shape index (κ1) is 15.2. The van der Waals surface area contributed by atoms with Crippen LogP contribution in [0.15, 0.2) is 60.7 Å². The molecule has 0 aliphatic carbocycles. The number of hydrogen-bond donors (Lipinski definition) is 1. The number of ether oxygens (including phenoxy) is 1. The summed E-state index contributed by atoms with van der Waals surface area (Å²) in [6, 6.07) is 20.2. The third-order valence-electron chi connectivity index (χ3n) is 4.32. The molecule has 1 saturated heterocycles. The van der Waals surface area contributed by atoms with E-state index in [0.29, 0.717) is 6.61 Å². The highest BCUT2D eigenvalue weighted by atomic mass is 16.5. The molecule has 0 aromatic heterocycles. The van der Waals surface area contributed by atoms with Crippen molar-refractivity contribution >= 4 is 0 Å². The van der Waals surface area contributed by atoms with Crippen LogP contribution in [0.3, 0.4) is 0 Å². The minimum Gasteiger partial charge on any atom is -0.385 e. The Hall–Kier alpha value is -1.68. The summed E-state index contributed by atoms with van der Waals surface area (Å²) in [7, 11) is 0. The molecule has 1 N–H and O–H groups in total. The first-order valence-corrected chi connectivity index (χ1v) is 7.81. The van der Waals surface area contributed by atoms with Gasteiger partial charge >= 0.3 is 0 Å². The largest absolute Gasteiger partial charge is 0.385 e. The number of rotatable bonds is 4. The van der Waals surface area contributed by atoms with Crippen LogP contribution in [0, 0.1) is 0 Å². The van der Waals surface area contributed by atoms with Crippen molar-refractivity contribution in [2.24, 2.45) is 0 Å². The lowest BCUT2D eigenvalue weighted by Gasteiger charge is -2.43. The summed E-state index contributed by atoms with van der Waals surface area (Å²) in [5.74, 6) is 0. The second kappa shape index (κ2) is 6.61. The summed E-state index contributed by atoms with van der Waals surface area (Å²) in [5, 5.41) is 10.7. The van der Waals surface area contributed by atoms with E-state index in [1.54, 1.807) is 0 Å². The molecule has 3 heteroatoms. The third-order valence-corrected chi connectivity index (χ3v) is 4.32. The van der Waals surface area contributed by atoms with Crippen LogP contribution in [0.5, 0.6) is 0 Å². The first-order valence-electron chi connectivity index (χ1n) is 7.81. The standard InChI is InChI=1S/C19H23NO2/c1-19(18(21)17-10-6-3-7-11-17)15-20(12-13-22-19)14-16-8-4-2-5-9-16/h2-11,18,21H,12-15H2,1H3/t18-,19-/m0/s1. The van der Waals surface area contributed by atoms with Crippen LogP contribution in [0.4, 0.5) is 0 Å². The maximum absolute atomic E-state index is 10.7. The van der Waals surface area contributed by atoms with Gasteiger partial charge in [0.25, 0.3) is 0 Å². The molecule has 1 fully saturated rings. The van der Waals surface area contributed by atoms with Gasteiger partial charge in [0, 0.05) is 19.6 Å². The molecule has 0 bridgehead atoms. The van der Waals surface area contributed by atoms with E-state index in [-0.39, 0.29) is 0 Å². The average molecular weight is 297 g/mol. The summed E-state index contributed by atoms with van der Waals surface area (Å²) in [6.07, 6.45) is -0.618. The van der Waals surface area contributed by atoms with E-state index in [9.17, 15) is 5.11 Å². The fourth-order valence-corrected chi connectivity index (χ4v) is 3.11. The Labute approximate surface area is 132 Å². The molecule has 0 unspecified atom stereocenters. The van der Waals surface area contributed by atoms with Gasteiger partial charge in [0.05, 0.1) is 6.61 Å². The highest BCUT2D eigenvalue weighted by Crippen LogP contribution is 2.32. The third kappa shape index (κ3) is 3.38. The van der Waals surface area contributed by atoms with Crippen molar-refractivity contribution in [3.8, 4) is 0 Å². The van der Waals surface area contributed by atoms with Crippen molar-refractivity contribution in [3.05, 3.63) is 71.8 Å². The number of nitrogens with zero attached hydrogens (tertiary/aromatic N) is 1. The van der Waals surface area contributed by atoms with Gasteiger partial charge in [-0.25, -0.2) is 0 Å². The molecule has 1 heterocycles. The Kier molecular flexibility index (Phi) is 4.57. The van der Waals surface area contributed by atoms with E-state index in [0.717, 1.165) is 25.2 Å². The van der Waals surface area contributed by atoms with E-state index in [1.807, 2.05) is 43.3 Å². The van der Waals surface area contributed by atoms with Crippen molar-refractivity contribution in [2.75, 3.05) is 19.7 Å². The number of aliphatic hydroxyl groups is 1. The zero-order valence-electron chi connectivity index (χ0n) is 13.0. The van der Waals surface area contributed by atoms with E-state index in [4.69, 9.17) is 4.74 Å². The maximum Gasteiger partial charge on any atom is 0.109 e. The second-order valence-electron chi connectivity index (χ2n) is 6.17. The molecule has 3 rings (SSSR count). The van der Waals surface area contributed by atoms with Crippen LogP contribution in [0.2, 0.25) is 0 Å². The Bertz CT molecular complexity index is 587. The average Bonchev–Trinajstić information content (AvgIpc) is 2.56. The molecule has 0 amide bonds. The van der Waals surface area contributed by atoms with E-state index in [1.165, 1.54) is 5.56 Å². The number of aliphatic hydroxyl groups excluding tert-OH is 1. The smallest absolute Gasteiger partial charge is 0.109 e. The van der Waals surface area contributed by atoms with Gasteiger partial charge in [-0.15, -0.1) is 0 Å². The van der Waals surface area contributed by atoms with E-state index in [2.05, 4.69) is 29.2 Å². The molecule has 0 radical (unpaired) electrons. The summed E-state index contributed by atoms with van der Waals surface area (Å²) < 4.78 is 5.96. The maximum atomic E-state index is 10.7. The molecule has 0 spiro atoms. The second-order valence-corrected chi connectivity index (χ2v) is 6.17. The molecule has 116 valence electrons. The highest BCUT2D eigenvalue weighted by Gasteiger charge is 2.39. The zero-order valence-corrected chi connectivity index (χ0v) is 13.0. The molecule has 3 nitrogen and oxygen atoms in total. The van der Waals surface area contributed by atoms with Gasteiger partial charge in [0.15, 0.2) is 0 Å². The lowest BCUT2D eigenvalue weighted by atomic mass is 9.91. The number of hydrogen-bond acceptors (Lipinski definition) is 3. The highest BCUT2D eigenvalue weighted by molar-refractivity contribution is 5.21. The van der Waals surface area contributed by atoms with Crippen molar-refractivity contribution in [2.45, 2.75) is 25.2 Å². The van der Waals surface area contributed by atoms with Crippen molar-refractivity contribution in [1.82, 2.24) is 4.90 Å². The molecule has 2 atom stereocenters. The molecule has 1 aliphatic heterocycles. The van der Waals surface area contributed by atoms with Gasteiger partial charge in [0.1, 0.15) is 11.7 Å². The zero-order chi connectivity index (χ0) is 15.4. The summed E-state index contributed by atoms with van der Waals surface area (Å²) >= 11 is 0. The van der Waals surface area contributed by atoms with Crippen molar-refractivity contribution in [3.63, 3.8) is 0 Å². The fraction of sp³-hybridized carbons (Fsp3) is 0.368. The summed E-state index contributed by atoms with van der Waals surface area (Å²) in [5.41, 5.74) is 1.63. The molecular weight excluding hydrogens is 274 g/mol. The molecule has 1 aliphatic rings. The molecule has 2 aromatic rings. The molecule has 2 aromatic carbocycles. The van der Waals surface area contributed by atoms with Crippen LogP contribution in [0.1, 0.15) is 24.2 Å². The SMILES string of the molecule is C[C@@]1([C@@H](O)c2ccccc2)CN(Cc2ccccc2)CCO1. The first-order chi connectivity index (χ1) is 10.7. The Morgan fingerprint density at radius 1 is 1.09 bits per heavy atom. The molecule has 22 heavy (non-hydrogen) atoms.